The molecule has 3 aliphatic rings. The molecule has 1 spiro atoms. The van der Waals surface area contributed by atoms with Gasteiger partial charge >= 0.3 is 0 Å². The van der Waals surface area contributed by atoms with Gasteiger partial charge in [0.1, 0.15) is 0 Å². The SMILES string of the molecule is Cc1cc(N2C(=O)C(C)CS2(=O)=O)ccc1S(=O)(=O)N1CCC2(CC1)OCCO2. The molecule has 1 aromatic rings. The van der Waals surface area contributed by atoms with Crippen molar-refractivity contribution in [1.29, 1.82) is 0 Å². The second-order valence-electron chi connectivity index (χ2n) is 7.74. The number of piperidine rings is 1. The molecule has 1 amide bonds. The van der Waals surface area contributed by atoms with Gasteiger partial charge in [0, 0.05) is 25.9 Å². The van der Waals surface area contributed by atoms with Crippen LogP contribution in [0.25, 0.3) is 0 Å². The van der Waals surface area contributed by atoms with Crippen molar-refractivity contribution >= 4 is 31.6 Å². The van der Waals surface area contributed by atoms with E-state index in [9.17, 15) is 21.6 Å². The molecular weight excluding hydrogens is 420 g/mol. The highest BCUT2D eigenvalue weighted by Gasteiger charge is 2.44. The summed E-state index contributed by atoms with van der Waals surface area (Å²) in [6, 6.07) is 4.19. The molecule has 0 saturated carbocycles. The zero-order valence-electron chi connectivity index (χ0n) is 16.3. The summed E-state index contributed by atoms with van der Waals surface area (Å²) in [6.45, 7) is 4.75. The van der Waals surface area contributed by atoms with E-state index in [0.717, 1.165) is 4.31 Å². The first-order chi connectivity index (χ1) is 13.6. The molecule has 160 valence electrons. The van der Waals surface area contributed by atoms with Crippen LogP contribution < -0.4 is 4.31 Å². The van der Waals surface area contributed by atoms with E-state index in [1.165, 1.54) is 22.5 Å². The average Bonchev–Trinajstić information content (AvgIpc) is 3.17. The minimum Gasteiger partial charge on any atom is -0.347 e. The molecule has 3 fully saturated rings. The fraction of sp³-hybridized carbons (Fsp3) is 0.611. The minimum atomic E-state index is -3.76. The number of amides is 1. The molecule has 3 heterocycles. The third-order valence-electron chi connectivity index (χ3n) is 5.67. The van der Waals surface area contributed by atoms with Crippen LogP contribution in [0.15, 0.2) is 23.1 Å². The molecular formula is C18H24N2O7S2. The summed E-state index contributed by atoms with van der Waals surface area (Å²) in [5.41, 5.74) is 0.555. The Morgan fingerprint density at radius 3 is 2.28 bits per heavy atom. The second-order valence-corrected chi connectivity index (χ2v) is 11.5. The van der Waals surface area contributed by atoms with Crippen LogP contribution in [0.2, 0.25) is 0 Å². The van der Waals surface area contributed by atoms with Crippen LogP contribution in [0, 0.1) is 12.8 Å². The van der Waals surface area contributed by atoms with Crippen LogP contribution in [-0.2, 0) is 34.3 Å². The molecule has 0 aliphatic carbocycles. The van der Waals surface area contributed by atoms with Gasteiger partial charge in [0.2, 0.25) is 26.0 Å². The van der Waals surface area contributed by atoms with Crippen molar-refractivity contribution < 1.29 is 31.1 Å². The third-order valence-corrected chi connectivity index (χ3v) is 9.60. The van der Waals surface area contributed by atoms with Gasteiger partial charge in [-0.25, -0.2) is 21.1 Å². The number of anilines is 1. The lowest BCUT2D eigenvalue weighted by Crippen LogP contribution is -2.47. The summed E-state index contributed by atoms with van der Waals surface area (Å²) in [4.78, 5) is 12.4. The lowest BCUT2D eigenvalue weighted by molar-refractivity contribution is -0.179. The van der Waals surface area contributed by atoms with Gasteiger partial charge in [0.25, 0.3) is 0 Å². The topological polar surface area (TPSA) is 110 Å². The fourth-order valence-electron chi connectivity index (χ4n) is 4.13. The standard InChI is InChI=1S/C18H24N2O7S2/c1-13-11-15(20-17(21)14(2)12-28(20,22)23)3-4-16(13)29(24,25)19-7-5-18(6-8-19)26-9-10-27-18/h3-4,11,14H,5-10,12H2,1-2H3. The molecule has 0 radical (unpaired) electrons. The van der Waals surface area contributed by atoms with Crippen LogP contribution in [0.4, 0.5) is 5.69 Å². The van der Waals surface area contributed by atoms with Crippen LogP contribution in [0.1, 0.15) is 25.3 Å². The highest BCUT2D eigenvalue weighted by Crippen LogP contribution is 2.35. The molecule has 1 aromatic carbocycles. The van der Waals surface area contributed by atoms with Gasteiger partial charge in [-0.3, -0.25) is 4.79 Å². The largest absolute Gasteiger partial charge is 0.347 e. The molecule has 1 atom stereocenters. The Kier molecular flexibility index (Phi) is 5.02. The normalized spacial score (nSPS) is 27.0. The van der Waals surface area contributed by atoms with Crippen molar-refractivity contribution in [3.8, 4) is 0 Å². The van der Waals surface area contributed by atoms with Gasteiger partial charge in [0.15, 0.2) is 5.79 Å². The molecule has 0 bridgehead atoms. The Balaban J connectivity index is 1.59. The maximum absolute atomic E-state index is 13.1. The maximum atomic E-state index is 13.1. The number of nitrogens with zero attached hydrogens (tertiary/aromatic N) is 2. The van der Waals surface area contributed by atoms with E-state index in [1.54, 1.807) is 13.8 Å². The Bertz CT molecular complexity index is 1040. The Morgan fingerprint density at radius 2 is 1.76 bits per heavy atom. The van der Waals surface area contributed by atoms with E-state index in [0.29, 0.717) is 31.6 Å². The van der Waals surface area contributed by atoms with Crippen LogP contribution >= 0.6 is 0 Å². The summed E-state index contributed by atoms with van der Waals surface area (Å²) in [5.74, 6) is -2.04. The summed E-state index contributed by atoms with van der Waals surface area (Å²) in [5, 5.41) is 0. The molecule has 4 rings (SSSR count). The second kappa shape index (κ2) is 7.02. The van der Waals surface area contributed by atoms with Crippen molar-refractivity contribution in [2.75, 3.05) is 36.4 Å². The van der Waals surface area contributed by atoms with Crippen LogP contribution in [-0.4, -0.2) is 64.9 Å². The lowest BCUT2D eigenvalue weighted by atomic mass is 10.1. The summed E-state index contributed by atoms with van der Waals surface area (Å²) >= 11 is 0. The van der Waals surface area contributed by atoms with E-state index < -0.39 is 37.7 Å². The quantitative estimate of drug-likeness (QED) is 0.679. The number of carbonyl (C=O) groups is 1. The molecule has 0 N–H and O–H groups in total. The predicted molar refractivity (Wildman–Crippen MR) is 104 cm³/mol. The number of benzene rings is 1. The molecule has 0 aromatic heterocycles. The first-order valence-electron chi connectivity index (χ1n) is 9.51. The fourth-order valence-corrected chi connectivity index (χ4v) is 7.59. The zero-order valence-corrected chi connectivity index (χ0v) is 18.0. The maximum Gasteiger partial charge on any atom is 0.244 e. The summed E-state index contributed by atoms with van der Waals surface area (Å²) in [6.07, 6.45) is 0.920. The van der Waals surface area contributed by atoms with Crippen molar-refractivity contribution in [1.82, 2.24) is 4.31 Å². The monoisotopic (exact) mass is 444 g/mol. The Labute approximate surface area is 170 Å². The van der Waals surface area contributed by atoms with Crippen molar-refractivity contribution in [2.45, 2.75) is 37.4 Å². The zero-order chi connectivity index (χ0) is 21.0. The Morgan fingerprint density at radius 1 is 1.14 bits per heavy atom. The highest BCUT2D eigenvalue weighted by molar-refractivity contribution is 7.94. The van der Waals surface area contributed by atoms with E-state index in [2.05, 4.69) is 0 Å². The van der Waals surface area contributed by atoms with E-state index in [4.69, 9.17) is 9.47 Å². The molecule has 11 heteroatoms. The molecule has 29 heavy (non-hydrogen) atoms. The minimum absolute atomic E-state index is 0.0996. The summed E-state index contributed by atoms with van der Waals surface area (Å²) < 4.78 is 64.3. The van der Waals surface area contributed by atoms with Gasteiger partial charge in [-0.05, 0) is 30.7 Å². The van der Waals surface area contributed by atoms with Gasteiger partial charge in [0.05, 0.1) is 35.5 Å². The van der Waals surface area contributed by atoms with Crippen molar-refractivity contribution in [2.24, 2.45) is 5.92 Å². The van der Waals surface area contributed by atoms with Gasteiger partial charge < -0.3 is 9.47 Å². The number of aryl methyl sites for hydroxylation is 1. The van der Waals surface area contributed by atoms with Gasteiger partial charge in [-0.1, -0.05) is 6.92 Å². The van der Waals surface area contributed by atoms with Gasteiger partial charge in [-0.15, -0.1) is 0 Å². The number of sulfonamides is 2. The van der Waals surface area contributed by atoms with Crippen molar-refractivity contribution in [3.05, 3.63) is 23.8 Å². The summed E-state index contributed by atoms with van der Waals surface area (Å²) in [7, 11) is -7.50. The molecule has 9 nitrogen and oxygen atoms in total. The number of hydrogen-bond acceptors (Lipinski definition) is 7. The molecule has 1 unspecified atom stereocenters. The Hall–Kier alpha value is -1.53. The molecule has 3 aliphatic heterocycles. The van der Waals surface area contributed by atoms with Crippen LogP contribution in [0.3, 0.4) is 0 Å². The number of ether oxygens (including phenoxy) is 2. The first kappa shape index (κ1) is 20.7. The predicted octanol–water partition coefficient (Wildman–Crippen LogP) is 0.835. The highest BCUT2D eigenvalue weighted by atomic mass is 32.2. The number of carbonyl (C=O) groups excluding carboxylic acids is 1. The van der Waals surface area contributed by atoms with E-state index >= 15 is 0 Å². The van der Waals surface area contributed by atoms with Crippen molar-refractivity contribution in [3.63, 3.8) is 0 Å². The average molecular weight is 445 g/mol. The van der Waals surface area contributed by atoms with Gasteiger partial charge in [-0.2, -0.15) is 4.31 Å². The molecule has 3 saturated heterocycles. The van der Waals surface area contributed by atoms with E-state index in [1.807, 2.05) is 0 Å². The number of rotatable bonds is 3. The smallest absolute Gasteiger partial charge is 0.244 e. The van der Waals surface area contributed by atoms with E-state index in [-0.39, 0.29) is 29.4 Å². The van der Waals surface area contributed by atoms with Crippen LogP contribution in [0.5, 0.6) is 0 Å². The lowest BCUT2D eigenvalue weighted by Gasteiger charge is -2.37. The third kappa shape index (κ3) is 3.48. The number of hydrogen-bond donors (Lipinski definition) is 0. The first-order valence-corrected chi connectivity index (χ1v) is 12.6.